The molecule has 5 rings (SSSR count). The number of primary amides is 1. The molecule has 4 N–H and O–H groups in total. The summed E-state index contributed by atoms with van der Waals surface area (Å²) in [6, 6.07) is 8.44. The molecule has 2 aromatic carbocycles. The van der Waals surface area contributed by atoms with Crippen molar-refractivity contribution in [3.63, 3.8) is 0 Å². The van der Waals surface area contributed by atoms with E-state index in [9.17, 15) is 41.0 Å². The van der Waals surface area contributed by atoms with Gasteiger partial charge in [0.2, 0.25) is 11.5 Å². The number of hydrogen-bond donors (Lipinski definition) is 3. The molecule has 1 aromatic heterocycles. The highest BCUT2D eigenvalue weighted by atomic mass is 19.4. The molecule has 2 heterocycles. The van der Waals surface area contributed by atoms with E-state index in [1.807, 2.05) is 5.32 Å². The Kier molecular flexibility index (Phi) is 7.86. The molecular weight excluding hydrogens is 600 g/mol. The number of halogens is 6. The van der Waals surface area contributed by atoms with Gasteiger partial charge in [-0.1, -0.05) is 0 Å². The van der Waals surface area contributed by atoms with Crippen molar-refractivity contribution in [2.75, 3.05) is 20.3 Å². The van der Waals surface area contributed by atoms with Crippen molar-refractivity contribution < 1.29 is 55.2 Å². The van der Waals surface area contributed by atoms with Gasteiger partial charge in [0.15, 0.2) is 16.9 Å². The first kappa shape index (κ1) is 30.9. The quantitative estimate of drug-likeness (QED) is 0.290. The van der Waals surface area contributed by atoms with E-state index in [-0.39, 0.29) is 23.0 Å². The molecule has 2 atom stereocenters. The number of carbonyl (C=O) groups is 2. The minimum atomic E-state index is -5.54. The number of alkyl halides is 5. The van der Waals surface area contributed by atoms with Crippen molar-refractivity contribution in [1.29, 1.82) is 0 Å². The summed E-state index contributed by atoms with van der Waals surface area (Å²) in [6.45, 7) is -2.55. The lowest BCUT2D eigenvalue weighted by Crippen LogP contribution is -2.52. The van der Waals surface area contributed by atoms with Gasteiger partial charge in [0.25, 0.3) is 12.3 Å². The highest BCUT2D eigenvalue weighted by Gasteiger charge is 2.60. The first-order valence-corrected chi connectivity index (χ1v) is 13.2. The average molecular weight is 626 g/mol. The molecule has 15 heteroatoms. The molecule has 1 aliphatic heterocycles. The van der Waals surface area contributed by atoms with Crippen LogP contribution >= 0.6 is 0 Å². The first-order valence-electron chi connectivity index (χ1n) is 13.2. The van der Waals surface area contributed by atoms with Gasteiger partial charge in [-0.25, -0.2) is 18.2 Å². The molecule has 2 unspecified atom stereocenters. The Balaban J connectivity index is 1.57. The molecule has 0 bridgehead atoms. The van der Waals surface area contributed by atoms with Crippen LogP contribution in [0.1, 0.15) is 34.5 Å². The SMILES string of the molecule is COc1cc(C(=O)NCC(O)(c2cc3c(c(-c4ccc(F)cc4)n2)OCC3(C(N)=O)C(F)F)C(F)(F)F)ccc1OC1CC1. The fraction of sp³-hybridized carbons (Fsp3) is 0.345. The van der Waals surface area contributed by atoms with Gasteiger partial charge in [0.1, 0.15) is 23.9 Å². The van der Waals surface area contributed by atoms with Crippen molar-refractivity contribution in [3.05, 3.63) is 71.2 Å². The molecule has 3 aromatic rings. The van der Waals surface area contributed by atoms with Crippen molar-refractivity contribution in [3.8, 4) is 28.5 Å². The number of fused-ring (bicyclic) bond motifs is 1. The van der Waals surface area contributed by atoms with Gasteiger partial charge in [0.05, 0.1) is 25.5 Å². The van der Waals surface area contributed by atoms with Crippen molar-refractivity contribution in [2.45, 2.75) is 42.6 Å². The number of amides is 2. The standard InChI is InChI=1S/C29H25F6N3O6/c1-42-20-10-15(4-9-19(20)44-17-7-8-17)24(39)37-12-28(41,29(33,34)35)21-11-18-23(43-13-27(18,25(31)32)26(36)40)22(38-21)14-2-5-16(30)6-3-14/h2-6,9-11,17,25,41H,7-8,12-13H2,1H3,(H2,36,40)(H,37,39). The molecule has 1 saturated carbocycles. The van der Waals surface area contributed by atoms with E-state index in [0.29, 0.717) is 11.8 Å². The Bertz CT molecular complexity index is 1600. The van der Waals surface area contributed by atoms with Crippen LogP contribution in [0.4, 0.5) is 26.3 Å². The predicted molar refractivity (Wildman–Crippen MR) is 141 cm³/mol. The van der Waals surface area contributed by atoms with Crippen LogP contribution in [-0.4, -0.2) is 60.9 Å². The Hall–Kier alpha value is -4.53. The maximum Gasteiger partial charge on any atom is 0.424 e. The molecule has 2 amide bonds. The molecule has 0 spiro atoms. The number of hydrogen-bond acceptors (Lipinski definition) is 7. The summed E-state index contributed by atoms with van der Waals surface area (Å²) >= 11 is 0. The second kappa shape index (κ2) is 11.2. The minimum Gasteiger partial charge on any atom is -0.493 e. The zero-order chi connectivity index (χ0) is 32.0. The van der Waals surface area contributed by atoms with Crippen LogP contribution in [0.25, 0.3) is 11.3 Å². The molecule has 9 nitrogen and oxygen atoms in total. The lowest BCUT2D eigenvalue weighted by molar-refractivity contribution is -0.265. The number of benzene rings is 2. The van der Waals surface area contributed by atoms with Gasteiger partial charge in [-0.15, -0.1) is 0 Å². The van der Waals surface area contributed by atoms with Gasteiger partial charge in [-0.3, -0.25) is 9.59 Å². The van der Waals surface area contributed by atoms with E-state index in [0.717, 1.165) is 37.1 Å². The predicted octanol–water partition coefficient (Wildman–Crippen LogP) is 4.00. The summed E-state index contributed by atoms with van der Waals surface area (Å²) in [5.41, 5.74) is -4.27. The summed E-state index contributed by atoms with van der Waals surface area (Å²) in [5, 5.41) is 13.1. The summed E-state index contributed by atoms with van der Waals surface area (Å²) in [4.78, 5) is 29.1. The summed E-state index contributed by atoms with van der Waals surface area (Å²) in [6.07, 6.45) is -7.40. The largest absolute Gasteiger partial charge is 0.493 e. The molecular formula is C29H25F6N3O6. The van der Waals surface area contributed by atoms with E-state index in [1.165, 1.54) is 25.3 Å². The van der Waals surface area contributed by atoms with Crippen LogP contribution in [-0.2, 0) is 15.8 Å². The lowest BCUT2D eigenvalue weighted by atomic mass is 9.80. The minimum absolute atomic E-state index is 0.00578. The first-order chi connectivity index (χ1) is 20.7. The molecule has 0 saturated heterocycles. The second-order valence-electron chi connectivity index (χ2n) is 10.4. The monoisotopic (exact) mass is 625 g/mol. The zero-order valence-electron chi connectivity index (χ0n) is 22.9. The zero-order valence-corrected chi connectivity index (χ0v) is 22.9. The number of nitrogens with two attached hydrogens (primary N) is 1. The molecule has 1 fully saturated rings. The Morgan fingerprint density at radius 1 is 1.14 bits per heavy atom. The topological polar surface area (TPSA) is 133 Å². The average Bonchev–Trinajstić information content (AvgIpc) is 3.70. The number of carbonyl (C=O) groups excluding carboxylic acids is 2. The molecule has 44 heavy (non-hydrogen) atoms. The third-order valence-electron chi connectivity index (χ3n) is 7.47. The smallest absolute Gasteiger partial charge is 0.424 e. The van der Waals surface area contributed by atoms with Gasteiger partial charge in [-0.2, -0.15) is 13.2 Å². The number of rotatable bonds is 10. The van der Waals surface area contributed by atoms with Gasteiger partial charge in [0, 0.05) is 16.7 Å². The van der Waals surface area contributed by atoms with Crippen LogP contribution in [0.2, 0.25) is 0 Å². The van der Waals surface area contributed by atoms with Crippen molar-refractivity contribution >= 4 is 11.8 Å². The number of nitrogens with zero attached hydrogens (tertiary/aromatic N) is 1. The van der Waals surface area contributed by atoms with E-state index in [1.54, 1.807) is 0 Å². The highest BCUT2D eigenvalue weighted by molar-refractivity contribution is 5.95. The maximum atomic E-state index is 14.6. The fourth-order valence-electron chi connectivity index (χ4n) is 4.70. The van der Waals surface area contributed by atoms with Crippen LogP contribution in [0.15, 0.2) is 48.5 Å². The Morgan fingerprint density at radius 3 is 2.39 bits per heavy atom. The van der Waals surface area contributed by atoms with E-state index in [2.05, 4.69) is 4.98 Å². The van der Waals surface area contributed by atoms with Crippen molar-refractivity contribution in [1.82, 2.24) is 10.3 Å². The Morgan fingerprint density at radius 2 is 1.82 bits per heavy atom. The number of ether oxygens (including phenoxy) is 3. The number of aliphatic hydroxyl groups is 1. The number of methoxy groups -OCH3 is 1. The Labute approximate surface area is 245 Å². The van der Waals surface area contributed by atoms with E-state index >= 15 is 0 Å². The van der Waals surface area contributed by atoms with Crippen LogP contribution in [0.5, 0.6) is 17.2 Å². The normalized spacial score (nSPS) is 19.1. The van der Waals surface area contributed by atoms with Crippen molar-refractivity contribution in [2.24, 2.45) is 5.73 Å². The van der Waals surface area contributed by atoms with E-state index in [4.69, 9.17) is 19.9 Å². The second-order valence-corrected chi connectivity index (χ2v) is 10.4. The number of aromatic nitrogens is 1. The van der Waals surface area contributed by atoms with Gasteiger partial charge < -0.3 is 30.4 Å². The van der Waals surface area contributed by atoms with E-state index < -0.39 is 77.1 Å². The summed E-state index contributed by atoms with van der Waals surface area (Å²) in [5.74, 6) is -3.39. The molecule has 1 aliphatic carbocycles. The highest BCUT2D eigenvalue weighted by Crippen LogP contribution is 2.49. The van der Waals surface area contributed by atoms with Gasteiger partial charge >= 0.3 is 6.18 Å². The third-order valence-corrected chi connectivity index (χ3v) is 7.47. The van der Waals surface area contributed by atoms with Crippen LogP contribution < -0.4 is 25.3 Å². The van der Waals surface area contributed by atoms with Crippen LogP contribution in [0, 0.1) is 5.82 Å². The third kappa shape index (κ3) is 5.36. The maximum absolute atomic E-state index is 14.6. The number of pyridine rings is 1. The molecule has 0 radical (unpaired) electrons. The summed E-state index contributed by atoms with van der Waals surface area (Å²) in [7, 11) is 1.31. The van der Waals surface area contributed by atoms with Crippen LogP contribution in [0.3, 0.4) is 0 Å². The lowest BCUT2D eigenvalue weighted by Gasteiger charge is -2.32. The fourth-order valence-corrected chi connectivity index (χ4v) is 4.70. The molecule has 2 aliphatic rings. The summed E-state index contributed by atoms with van der Waals surface area (Å²) < 4.78 is 102. The number of nitrogens with one attached hydrogen (secondary N) is 1. The molecule has 234 valence electrons. The van der Waals surface area contributed by atoms with Gasteiger partial charge in [-0.05, 0) is 61.4 Å².